The van der Waals surface area contributed by atoms with E-state index in [1.807, 2.05) is 6.07 Å². The fourth-order valence-corrected chi connectivity index (χ4v) is 6.95. The van der Waals surface area contributed by atoms with Crippen LogP contribution < -0.4 is 0 Å². The molecule has 0 unspecified atom stereocenters. The molecular formula is C40H18F12N4. The Balaban J connectivity index is 1.46. The average Bonchev–Trinajstić information content (AvgIpc) is 3.64. The summed E-state index contributed by atoms with van der Waals surface area (Å²) in [6.45, 7) is 0. The van der Waals surface area contributed by atoms with E-state index in [2.05, 4.69) is 4.98 Å². The van der Waals surface area contributed by atoms with Crippen molar-refractivity contribution in [1.82, 2.24) is 14.1 Å². The van der Waals surface area contributed by atoms with E-state index >= 15 is 0 Å². The van der Waals surface area contributed by atoms with Gasteiger partial charge in [0.05, 0.1) is 67.8 Å². The first-order chi connectivity index (χ1) is 26.2. The molecule has 3 heterocycles. The predicted molar refractivity (Wildman–Crippen MR) is 183 cm³/mol. The molecule has 16 heteroatoms. The van der Waals surface area contributed by atoms with Gasteiger partial charge in [-0.2, -0.15) is 57.9 Å². The van der Waals surface area contributed by atoms with E-state index in [1.165, 1.54) is 45.7 Å². The molecule has 8 rings (SSSR count). The van der Waals surface area contributed by atoms with Gasteiger partial charge in [0, 0.05) is 27.1 Å². The van der Waals surface area contributed by atoms with Gasteiger partial charge in [-0.05, 0) is 96.6 Å². The zero-order valence-electron chi connectivity index (χ0n) is 27.7. The fourth-order valence-electron chi connectivity index (χ4n) is 6.95. The minimum absolute atomic E-state index is 0.00731. The SMILES string of the molecule is N#Cc1ccc(-c2cc(-n3c4ccc(C(F)(F)F)cc4c4cc(C(F)(F)F)ccc43)ncc2-n2c3ccc(C(F)(F)F)cc3c3cc(C(F)(F)F)ccc32)cc1. The van der Waals surface area contributed by atoms with Gasteiger partial charge in [-0.15, -0.1) is 0 Å². The fraction of sp³-hybridized carbons (Fsp3) is 0.100. The predicted octanol–water partition coefficient (Wildman–Crippen LogP) is 12.9. The monoisotopic (exact) mass is 782 g/mol. The number of nitrogens with zero attached hydrogens (tertiary/aromatic N) is 4. The van der Waals surface area contributed by atoms with Crippen LogP contribution in [-0.2, 0) is 24.7 Å². The van der Waals surface area contributed by atoms with Crippen LogP contribution in [0.2, 0.25) is 0 Å². The number of alkyl halides is 12. The molecule has 0 aliphatic heterocycles. The second-order valence-electron chi connectivity index (χ2n) is 12.8. The number of fused-ring (bicyclic) bond motifs is 6. The van der Waals surface area contributed by atoms with Crippen LogP contribution in [0.15, 0.2) is 109 Å². The lowest BCUT2D eigenvalue weighted by molar-refractivity contribution is -0.138. The number of pyridine rings is 1. The van der Waals surface area contributed by atoms with Crippen LogP contribution in [0.3, 0.4) is 0 Å². The van der Waals surface area contributed by atoms with Crippen molar-refractivity contribution in [1.29, 1.82) is 5.26 Å². The van der Waals surface area contributed by atoms with Crippen LogP contribution in [0.1, 0.15) is 27.8 Å². The van der Waals surface area contributed by atoms with Crippen LogP contribution in [0.4, 0.5) is 52.7 Å². The Morgan fingerprint density at radius 2 is 0.804 bits per heavy atom. The van der Waals surface area contributed by atoms with Gasteiger partial charge >= 0.3 is 24.7 Å². The molecule has 0 fully saturated rings. The molecule has 0 aliphatic carbocycles. The first-order valence-corrected chi connectivity index (χ1v) is 16.2. The Hall–Kier alpha value is -6.50. The van der Waals surface area contributed by atoms with Gasteiger partial charge in [-0.1, -0.05) is 12.1 Å². The average molecular weight is 783 g/mol. The highest BCUT2D eigenvalue weighted by atomic mass is 19.4. The van der Waals surface area contributed by atoms with Crippen molar-refractivity contribution in [2.24, 2.45) is 0 Å². The molecule has 0 N–H and O–H groups in total. The maximum Gasteiger partial charge on any atom is 0.416 e. The lowest BCUT2D eigenvalue weighted by Gasteiger charge is -2.17. The molecule has 3 aromatic heterocycles. The number of hydrogen-bond donors (Lipinski definition) is 0. The highest BCUT2D eigenvalue weighted by molar-refractivity contribution is 6.11. The van der Waals surface area contributed by atoms with E-state index in [0.717, 1.165) is 72.8 Å². The van der Waals surface area contributed by atoms with E-state index in [1.54, 1.807) is 0 Å². The summed E-state index contributed by atoms with van der Waals surface area (Å²) in [7, 11) is 0. The molecule has 0 spiro atoms. The Kier molecular flexibility index (Phi) is 7.98. The number of nitriles is 1. The van der Waals surface area contributed by atoms with Crippen LogP contribution in [0.5, 0.6) is 0 Å². The molecule has 0 atom stereocenters. The topological polar surface area (TPSA) is 46.5 Å². The molecule has 0 saturated carbocycles. The highest BCUT2D eigenvalue weighted by Gasteiger charge is 2.35. The minimum atomic E-state index is -4.84. The largest absolute Gasteiger partial charge is 0.416 e. The zero-order valence-corrected chi connectivity index (χ0v) is 27.7. The summed E-state index contributed by atoms with van der Waals surface area (Å²) in [6, 6.07) is 19.7. The van der Waals surface area contributed by atoms with Gasteiger partial charge in [-0.3, -0.25) is 4.57 Å². The minimum Gasteiger partial charge on any atom is -0.307 e. The molecule has 0 bridgehead atoms. The third-order valence-electron chi connectivity index (χ3n) is 9.50. The van der Waals surface area contributed by atoms with Crippen molar-refractivity contribution in [2.75, 3.05) is 0 Å². The highest BCUT2D eigenvalue weighted by Crippen LogP contribution is 2.44. The first kappa shape index (κ1) is 36.5. The third kappa shape index (κ3) is 6.03. The molecule has 8 aromatic rings. The summed E-state index contributed by atoms with van der Waals surface area (Å²) in [6.07, 6.45) is -18.1. The van der Waals surface area contributed by atoms with Crippen LogP contribution in [0, 0.1) is 11.3 Å². The molecule has 4 nitrogen and oxygen atoms in total. The lowest BCUT2D eigenvalue weighted by Crippen LogP contribution is -2.06. The zero-order chi connectivity index (χ0) is 40.1. The van der Waals surface area contributed by atoms with E-state index in [0.29, 0.717) is 5.56 Å². The Labute approximate surface area is 306 Å². The number of benzene rings is 5. The molecule has 56 heavy (non-hydrogen) atoms. The second-order valence-corrected chi connectivity index (χ2v) is 12.8. The van der Waals surface area contributed by atoms with Gasteiger partial charge in [0.25, 0.3) is 0 Å². The first-order valence-electron chi connectivity index (χ1n) is 16.2. The quantitative estimate of drug-likeness (QED) is 0.168. The van der Waals surface area contributed by atoms with Gasteiger partial charge in [0.1, 0.15) is 5.82 Å². The van der Waals surface area contributed by atoms with E-state index in [9.17, 15) is 57.9 Å². The van der Waals surface area contributed by atoms with Crippen molar-refractivity contribution in [3.8, 4) is 28.7 Å². The molecule has 5 aromatic carbocycles. The molecule has 282 valence electrons. The number of halogens is 12. The van der Waals surface area contributed by atoms with Gasteiger partial charge in [0.15, 0.2) is 0 Å². The summed E-state index contributed by atoms with van der Waals surface area (Å²) in [5.74, 6) is -0.00731. The molecule has 0 radical (unpaired) electrons. The number of rotatable bonds is 3. The molecule has 0 saturated heterocycles. The molecule has 0 aliphatic rings. The summed E-state index contributed by atoms with van der Waals surface area (Å²) in [5, 5.41) is 8.76. The Bertz CT molecular complexity index is 2780. The smallest absolute Gasteiger partial charge is 0.307 e. The molecule has 0 amide bonds. The summed E-state index contributed by atoms with van der Waals surface area (Å²) in [5.41, 5.74) is -3.24. The van der Waals surface area contributed by atoms with E-state index in [4.69, 9.17) is 0 Å². The lowest BCUT2D eigenvalue weighted by atomic mass is 10.0. The van der Waals surface area contributed by atoms with Gasteiger partial charge in [0.2, 0.25) is 0 Å². The summed E-state index contributed by atoms with van der Waals surface area (Å²) in [4.78, 5) is 4.55. The van der Waals surface area contributed by atoms with Crippen molar-refractivity contribution in [2.45, 2.75) is 24.7 Å². The van der Waals surface area contributed by atoms with Crippen molar-refractivity contribution < 1.29 is 52.7 Å². The van der Waals surface area contributed by atoms with Crippen LogP contribution in [0.25, 0.3) is 66.2 Å². The summed E-state index contributed by atoms with van der Waals surface area (Å²) >= 11 is 0. The maximum absolute atomic E-state index is 13.9. The standard InChI is InChI=1S/C40H18F12N4/c41-37(42,43)22-5-9-31-27(13-22)28-14-23(38(44,45)46)6-10-32(28)55(31)35-19-54-36(17-26(35)21-3-1-20(18-53)2-4-21)56-33-11-7-24(39(47,48)49)15-29(33)30-16-25(40(50,51)52)8-12-34(30)56/h1-17,19H. The van der Waals surface area contributed by atoms with E-state index in [-0.39, 0.29) is 66.2 Å². The number of aromatic nitrogens is 3. The second kappa shape index (κ2) is 12.3. The third-order valence-corrected chi connectivity index (χ3v) is 9.50. The van der Waals surface area contributed by atoms with Crippen molar-refractivity contribution in [3.63, 3.8) is 0 Å². The van der Waals surface area contributed by atoms with Crippen LogP contribution >= 0.6 is 0 Å². The van der Waals surface area contributed by atoms with Crippen molar-refractivity contribution in [3.05, 3.63) is 137 Å². The van der Waals surface area contributed by atoms with E-state index < -0.39 is 47.0 Å². The normalized spacial score (nSPS) is 13.0. The number of hydrogen-bond acceptors (Lipinski definition) is 2. The molecular weight excluding hydrogens is 764 g/mol. The Morgan fingerprint density at radius 3 is 1.14 bits per heavy atom. The summed E-state index contributed by atoms with van der Waals surface area (Å²) < 4.78 is 169. The maximum atomic E-state index is 13.9. The van der Waals surface area contributed by atoms with Crippen LogP contribution in [-0.4, -0.2) is 14.1 Å². The van der Waals surface area contributed by atoms with Crippen molar-refractivity contribution >= 4 is 43.6 Å². The van der Waals surface area contributed by atoms with Gasteiger partial charge in [-0.25, -0.2) is 4.98 Å². The van der Waals surface area contributed by atoms with Gasteiger partial charge < -0.3 is 4.57 Å². The Morgan fingerprint density at radius 1 is 0.446 bits per heavy atom.